The molecule has 1 N–H and O–H groups in total. The molecule has 0 amide bonds. The number of aromatic nitrogens is 1. The minimum atomic E-state index is 0.179. The maximum atomic E-state index is 8.86. The van der Waals surface area contributed by atoms with Gasteiger partial charge in [-0.15, -0.1) is 0 Å². The van der Waals surface area contributed by atoms with Gasteiger partial charge in [0.05, 0.1) is 6.21 Å². The lowest BCUT2D eigenvalue weighted by molar-refractivity contribution is 0.363. The Morgan fingerprint density at radius 2 is 2.24 bits per heavy atom. The lowest BCUT2D eigenvalue weighted by Crippen LogP contribution is -1.94. The third-order valence-electron chi connectivity index (χ3n) is 2.47. The van der Waals surface area contributed by atoms with Crippen LogP contribution >= 0.6 is 0 Å². The molecule has 0 fully saturated rings. The molecule has 0 saturated carbocycles. The van der Waals surface area contributed by atoms with Crippen molar-refractivity contribution in [2.24, 2.45) is 5.10 Å². The molecule has 0 unspecified atom stereocenters. The Morgan fingerprint density at radius 3 is 2.90 bits per heavy atom. The van der Waals surface area contributed by atoms with E-state index in [-0.39, 0.29) is 11.6 Å². The van der Waals surface area contributed by atoms with Gasteiger partial charge in [-0.2, -0.15) is 10.4 Å². The summed E-state index contributed by atoms with van der Waals surface area (Å²) in [6.07, 6.45) is 3.29. The highest BCUT2D eigenvalue weighted by Gasteiger charge is 2.08. The van der Waals surface area contributed by atoms with Crippen molar-refractivity contribution in [2.75, 3.05) is 12.0 Å². The smallest absolute Gasteiger partial charge is 0.252 e. The first-order valence-corrected chi connectivity index (χ1v) is 6.23. The van der Waals surface area contributed by atoms with Gasteiger partial charge in [-0.3, -0.25) is 0 Å². The number of anilines is 1. The van der Waals surface area contributed by atoms with E-state index in [2.05, 4.69) is 22.1 Å². The number of nitrogens with one attached hydrogen (secondary N) is 1. The standard InChI is InChI=1S/C15H14N4O2/c1-3-8-20-13-6-4-12(5-7-13)10-17-19-15-14(9-16)18-11(2)21-15/h3-7,10,19H,1,8H2,2H3. The third-order valence-corrected chi connectivity index (χ3v) is 2.47. The summed E-state index contributed by atoms with van der Waals surface area (Å²) in [4.78, 5) is 3.91. The first-order valence-electron chi connectivity index (χ1n) is 6.23. The van der Waals surface area contributed by atoms with Crippen LogP contribution in [0.25, 0.3) is 0 Å². The number of nitrogens with zero attached hydrogens (tertiary/aromatic N) is 3. The first kappa shape index (κ1) is 14.3. The van der Waals surface area contributed by atoms with Gasteiger partial charge in [0.15, 0.2) is 5.89 Å². The molecular formula is C15H14N4O2. The van der Waals surface area contributed by atoms with E-state index in [4.69, 9.17) is 14.4 Å². The van der Waals surface area contributed by atoms with Gasteiger partial charge in [0, 0.05) is 6.92 Å². The Hall–Kier alpha value is -3.07. The molecule has 2 rings (SSSR count). The Labute approximate surface area is 122 Å². The van der Waals surface area contributed by atoms with Crippen molar-refractivity contribution in [3.8, 4) is 11.8 Å². The molecule has 21 heavy (non-hydrogen) atoms. The van der Waals surface area contributed by atoms with Crippen LogP contribution < -0.4 is 10.2 Å². The number of aryl methyl sites for hydroxylation is 1. The van der Waals surface area contributed by atoms with Crippen molar-refractivity contribution in [1.82, 2.24) is 4.98 Å². The van der Waals surface area contributed by atoms with Crippen LogP contribution in [0, 0.1) is 18.3 Å². The molecule has 0 bridgehead atoms. The van der Waals surface area contributed by atoms with Crippen LogP contribution in [0.4, 0.5) is 5.88 Å². The number of rotatable bonds is 6. The summed E-state index contributed by atoms with van der Waals surface area (Å²) < 4.78 is 10.6. The van der Waals surface area contributed by atoms with E-state index in [0.717, 1.165) is 11.3 Å². The van der Waals surface area contributed by atoms with Crippen LogP contribution in [0.15, 0.2) is 46.4 Å². The fourth-order valence-corrected chi connectivity index (χ4v) is 1.55. The van der Waals surface area contributed by atoms with Crippen molar-refractivity contribution in [3.63, 3.8) is 0 Å². The van der Waals surface area contributed by atoms with Gasteiger partial charge in [0.25, 0.3) is 5.88 Å². The molecule has 1 heterocycles. The minimum absolute atomic E-state index is 0.179. The molecule has 0 aliphatic rings. The summed E-state index contributed by atoms with van der Waals surface area (Å²) in [5.41, 5.74) is 3.71. The number of benzene rings is 1. The maximum Gasteiger partial charge on any atom is 0.252 e. The van der Waals surface area contributed by atoms with Crippen LogP contribution in [0.3, 0.4) is 0 Å². The summed E-state index contributed by atoms with van der Waals surface area (Å²) in [6.45, 7) is 5.72. The molecule has 1 aromatic heterocycles. The van der Waals surface area contributed by atoms with Crippen LogP contribution in [0.2, 0.25) is 0 Å². The zero-order valence-electron chi connectivity index (χ0n) is 11.5. The highest BCUT2D eigenvalue weighted by Crippen LogP contribution is 2.15. The van der Waals surface area contributed by atoms with Crippen LogP contribution in [0.5, 0.6) is 5.75 Å². The maximum absolute atomic E-state index is 8.86. The van der Waals surface area contributed by atoms with Crippen molar-refractivity contribution in [3.05, 3.63) is 54.1 Å². The Balaban J connectivity index is 1.98. The number of hydrogen-bond acceptors (Lipinski definition) is 6. The number of oxazole rings is 1. The SMILES string of the molecule is C=CCOc1ccc(C=NNc2oc(C)nc2C#N)cc1. The normalized spacial score (nSPS) is 10.3. The van der Waals surface area contributed by atoms with Crippen LogP contribution in [0.1, 0.15) is 17.1 Å². The Morgan fingerprint density at radius 1 is 1.48 bits per heavy atom. The fraction of sp³-hybridized carbons (Fsp3) is 0.133. The van der Waals surface area contributed by atoms with Gasteiger partial charge in [0.2, 0.25) is 5.69 Å². The fourth-order valence-electron chi connectivity index (χ4n) is 1.55. The van der Waals surface area contributed by atoms with E-state index in [9.17, 15) is 0 Å². The van der Waals surface area contributed by atoms with Crippen LogP contribution in [-0.2, 0) is 0 Å². The summed E-state index contributed by atoms with van der Waals surface area (Å²) in [7, 11) is 0. The number of nitriles is 1. The van der Waals surface area contributed by atoms with Crippen molar-refractivity contribution in [2.45, 2.75) is 6.92 Å². The topological polar surface area (TPSA) is 83.4 Å². The summed E-state index contributed by atoms with van der Waals surface area (Å²) in [5, 5.41) is 12.9. The second kappa shape index (κ2) is 6.91. The zero-order valence-corrected chi connectivity index (χ0v) is 11.5. The molecule has 0 atom stereocenters. The molecular weight excluding hydrogens is 268 g/mol. The molecule has 0 saturated heterocycles. The Bertz CT molecular complexity index is 681. The van der Waals surface area contributed by atoms with Gasteiger partial charge in [-0.1, -0.05) is 12.7 Å². The van der Waals surface area contributed by atoms with Crippen molar-refractivity contribution >= 4 is 12.1 Å². The van der Waals surface area contributed by atoms with E-state index in [1.165, 1.54) is 0 Å². The van der Waals surface area contributed by atoms with Gasteiger partial charge in [-0.25, -0.2) is 10.4 Å². The van der Waals surface area contributed by atoms with Gasteiger partial charge in [-0.05, 0) is 29.8 Å². The molecule has 0 aliphatic heterocycles. The average molecular weight is 282 g/mol. The molecule has 106 valence electrons. The predicted molar refractivity (Wildman–Crippen MR) is 79.3 cm³/mol. The number of hydrazone groups is 1. The molecule has 6 nitrogen and oxygen atoms in total. The lowest BCUT2D eigenvalue weighted by Gasteiger charge is -2.02. The zero-order chi connectivity index (χ0) is 15.1. The van der Waals surface area contributed by atoms with Gasteiger partial charge in [0.1, 0.15) is 18.4 Å². The van der Waals surface area contributed by atoms with Crippen molar-refractivity contribution in [1.29, 1.82) is 5.26 Å². The second-order valence-electron chi connectivity index (χ2n) is 4.06. The van der Waals surface area contributed by atoms with E-state index >= 15 is 0 Å². The molecule has 1 aromatic carbocycles. The van der Waals surface area contributed by atoms with E-state index in [1.54, 1.807) is 19.2 Å². The second-order valence-corrected chi connectivity index (χ2v) is 4.06. The molecule has 0 radical (unpaired) electrons. The highest BCUT2D eigenvalue weighted by atomic mass is 16.5. The average Bonchev–Trinajstić information content (AvgIpc) is 2.86. The van der Waals surface area contributed by atoms with E-state index in [0.29, 0.717) is 12.5 Å². The summed E-state index contributed by atoms with van der Waals surface area (Å²) >= 11 is 0. The van der Waals surface area contributed by atoms with Crippen LogP contribution in [-0.4, -0.2) is 17.8 Å². The lowest BCUT2D eigenvalue weighted by atomic mass is 10.2. The third kappa shape index (κ3) is 3.94. The first-order chi connectivity index (χ1) is 10.2. The van der Waals surface area contributed by atoms with Gasteiger partial charge < -0.3 is 9.15 Å². The van der Waals surface area contributed by atoms with E-state index in [1.807, 2.05) is 30.3 Å². The summed E-state index contributed by atoms with van der Waals surface area (Å²) in [6, 6.07) is 9.32. The quantitative estimate of drug-likeness (QED) is 0.500. The predicted octanol–water partition coefficient (Wildman–Crippen LogP) is 2.87. The number of hydrogen-bond donors (Lipinski definition) is 1. The molecule has 0 spiro atoms. The van der Waals surface area contributed by atoms with E-state index < -0.39 is 0 Å². The minimum Gasteiger partial charge on any atom is -0.490 e. The molecule has 0 aliphatic carbocycles. The number of ether oxygens (including phenoxy) is 1. The summed E-state index contributed by atoms with van der Waals surface area (Å²) in [5.74, 6) is 1.41. The Kier molecular flexibility index (Phi) is 4.72. The molecule has 6 heteroatoms. The largest absolute Gasteiger partial charge is 0.490 e. The monoisotopic (exact) mass is 282 g/mol. The van der Waals surface area contributed by atoms with Crippen molar-refractivity contribution < 1.29 is 9.15 Å². The van der Waals surface area contributed by atoms with Gasteiger partial charge >= 0.3 is 0 Å². The highest BCUT2D eigenvalue weighted by molar-refractivity contribution is 5.80. The molecule has 2 aromatic rings.